The zero-order valence-electron chi connectivity index (χ0n) is 53.0. The lowest BCUT2D eigenvalue weighted by Gasteiger charge is -2.21. The maximum Gasteiger partial charge on any atom is 0.472 e. The number of hydrogen-bond acceptors (Lipinski definition) is 15. The van der Waals surface area contributed by atoms with Crippen LogP contribution in [0.5, 0.6) is 0 Å². The minimum atomic E-state index is -4.95. The fourth-order valence-corrected chi connectivity index (χ4v) is 10.6. The lowest BCUT2D eigenvalue weighted by molar-refractivity contribution is -0.161. The molecule has 3 N–H and O–H groups in total. The molecule has 83 heavy (non-hydrogen) atoms. The van der Waals surface area contributed by atoms with Gasteiger partial charge in [0.25, 0.3) is 0 Å². The standard InChI is InChI=1S/C64H120O17P2/c1-7-9-11-13-15-16-17-18-19-20-21-24-29-36-42-48-63(68)80-59(53-75-62(67)47-41-35-28-25-22-23-27-32-38-44-56(3)4)54-78-82(70,71)76-50-58(65)51-77-83(72,73)79-55-60(52-74-61(66)46-40-34-26-14-12-10-8-2)81-64(69)49-43-37-31-30-33-39-45-57(5)6/h16-19,56-60,65H,7-15,20-55H2,1-6H3,(H,70,71)(H,72,73)/b17-16-,19-18-/t58-,59-,60-/m1/s1. The molecular weight excluding hydrogens is 1100 g/mol. The van der Waals surface area contributed by atoms with Gasteiger partial charge in [-0.15, -0.1) is 0 Å². The molecule has 0 bridgehead atoms. The quantitative estimate of drug-likeness (QED) is 0.0169. The molecule has 0 heterocycles. The topological polar surface area (TPSA) is 237 Å². The highest BCUT2D eigenvalue weighted by Crippen LogP contribution is 2.45. The highest BCUT2D eigenvalue weighted by molar-refractivity contribution is 7.47. The van der Waals surface area contributed by atoms with Gasteiger partial charge < -0.3 is 33.8 Å². The van der Waals surface area contributed by atoms with Gasteiger partial charge in [-0.2, -0.15) is 0 Å². The van der Waals surface area contributed by atoms with Crippen LogP contribution < -0.4 is 0 Å². The van der Waals surface area contributed by atoms with Crippen molar-refractivity contribution in [1.29, 1.82) is 0 Å². The zero-order chi connectivity index (χ0) is 61.5. The van der Waals surface area contributed by atoms with E-state index >= 15 is 0 Å². The second-order valence-corrected chi connectivity index (χ2v) is 26.3. The predicted octanol–water partition coefficient (Wildman–Crippen LogP) is 17.2. The summed E-state index contributed by atoms with van der Waals surface area (Å²) in [4.78, 5) is 72.0. The van der Waals surface area contributed by atoms with Gasteiger partial charge in [0.15, 0.2) is 12.2 Å². The Hall–Kier alpha value is -2.46. The Morgan fingerprint density at radius 2 is 0.651 bits per heavy atom. The Labute approximate surface area is 503 Å². The van der Waals surface area contributed by atoms with E-state index in [1.165, 1.54) is 83.5 Å². The maximum absolute atomic E-state index is 13.0. The molecule has 2 unspecified atom stereocenters. The fraction of sp³-hybridized carbons (Fsp3) is 0.875. The van der Waals surface area contributed by atoms with E-state index in [1.54, 1.807) is 0 Å². The van der Waals surface area contributed by atoms with E-state index in [0.29, 0.717) is 31.6 Å². The number of phosphoric acid groups is 2. The third-order valence-corrected chi connectivity index (χ3v) is 16.0. The predicted molar refractivity (Wildman–Crippen MR) is 331 cm³/mol. The molecule has 0 saturated carbocycles. The first-order chi connectivity index (χ1) is 39.9. The molecule has 0 aromatic rings. The normalized spacial score (nSPS) is 14.5. The Balaban J connectivity index is 5.25. The van der Waals surface area contributed by atoms with Crippen molar-refractivity contribution in [2.45, 2.75) is 310 Å². The van der Waals surface area contributed by atoms with Gasteiger partial charge in [-0.05, 0) is 63.2 Å². The highest BCUT2D eigenvalue weighted by atomic mass is 31.2. The number of carbonyl (C=O) groups is 4. The van der Waals surface area contributed by atoms with Crippen LogP contribution in [0.3, 0.4) is 0 Å². The molecule has 0 aliphatic heterocycles. The number of aliphatic hydroxyl groups excluding tert-OH is 1. The number of aliphatic hydroxyl groups is 1. The first-order valence-electron chi connectivity index (χ1n) is 32.8. The summed E-state index contributed by atoms with van der Waals surface area (Å²) in [5.41, 5.74) is 0. The number of phosphoric ester groups is 2. The molecule has 0 spiro atoms. The number of unbranched alkanes of at least 4 members (excludes halogenated alkanes) is 28. The summed E-state index contributed by atoms with van der Waals surface area (Å²) in [6, 6.07) is 0. The molecule has 0 fully saturated rings. The number of esters is 4. The smallest absolute Gasteiger partial charge is 0.462 e. The molecule has 488 valence electrons. The molecule has 0 saturated heterocycles. The van der Waals surface area contributed by atoms with E-state index in [0.717, 1.165) is 121 Å². The summed E-state index contributed by atoms with van der Waals surface area (Å²) >= 11 is 0. The van der Waals surface area contributed by atoms with Crippen LogP contribution in [0, 0.1) is 11.8 Å². The molecule has 0 aromatic heterocycles. The average molecular weight is 1220 g/mol. The van der Waals surface area contributed by atoms with Crippen molar-refractivity contribution in [3.05, 3.63) is 24.3 Å². The summed E-state index contributed by atoms with van der Waals surface area (Å²) in [6.07, 6.45) is 41.5. The van der Waals surface area contributed by atoms with Crippen LogP contribution in [0.25, 0.3) is 0 Å². The molecule has 0 aliphatic carbocycles. The molecule has 5 atom stereocenters. The molecular formula is C64H120O17P2. The summed E-state index contributed by atoms with van der Waals surface area (Å²) in [5, 5.41) is 10.5. The van der Waals surface area contributed by atoms with Gasteiger partial charge in [0.2, 0.25) is 0 Å². The Morgan fingerprint density at radius 3 is 0.988 bits per heavy atom. The number of carbonyl (C=O) groups excluding carboxylic acids is 4. The first-order valence-corrected chi connectivity index (χ1v) is 35.8. The largest absolute Gasteiger partial charge is 0.472 e. The van der Waals surface area contributed by atoms with Crippen molar-refractivity contribution in [1.82, 2.24) is 0 Å². The van der Waals surface area contributed by atoms with Crippen LogP contribution in [-0.4, -0.2) is 96.7 Å². The molecule has 0 rings (SSSR count). The number of hydrogen-bond donors (Lipinski definition) is 3. The van der Waals surface area contributed by atoms with Crippen molar-refractivity contribution >= 4 is 39.5 Å². The lowest BCUT2D eigenvalue weighted by atomic mass is 10.0. The van der Waals surface area contributed by atoms with Crippen molar-refractivity contribution in [3.8, 4) is 0 Å². The van der Waals surface area contributed by atoms with Crippen LogP contribution in [0.1, 0.15) is 292 Å². The van der Waals surface area contributed by atoms with E-state index in [-0.39, 0.29) is 25.7 Å². The molecule has 0 amide bonds. The van der Waals surface area contributed by atoms with Gasteiger partial charge in [-0.3, -0.25) is 37.3 Å². The van der Waals surface area contributed by atoms with E-state index in [9.17, 15) is 43.2 Å². The molecule has 19 heteroatoms. The number of ether oxygens (including phenoxy) is 4. The molecule has 0 radical (unpaired) electrons. The first kappa shape index (κ1) is 80.5. The molecule has 0 aliphatic rings. The maximum atomic E-state index is 13.0. The van der Waals surface area contributed by atoms with Gasteiger partial charge in [-0.25, -0.2) is 9.13 Å². The summed E-state index contributed by atoms with van der Waals surface area (Å²) in [5.74, 6) is -0.764. The lowest BCUT2D eigenvalue weighted by Crippen LogP contribution is -2.30. The number of allylic oxidation sites excluding steroid dienone is 4. The van der Waals surface area contributed by atoms with E-state index in [2.05, 4.69) is 65.8 Å². The van der Waals surface area contributed by atoms with E-state index in [4.69, 9.17) is 37.0 Å². The zero-order valence-corrected chi connectivity index (χ0v) is 54.8. The summed E-state index contributed by atoms with van der Waals surface area (Å²) in [7, 11) is -9.89. The Kier molecular flexibility index (Phi) is 54.4. The van der Waals surface area contributed by atoms with Gasteiger partial charge in [0.05, 0.1) is 26.4 Å². The fourth-order valence-electron chi connectivity index (χ4n) is 8.99. The van der Waals surface area contributed by atoms with Gasteiger partial charge in [0, 0.05) is 25.7 Å². The molecule has 17 nitrogen and oxygen atoms in total. The van der Waals surface area contributed by atoms with Crippen molar-refractivity contribution in [2.75, 3.05) is 39.6 Å². The van der Waals surface area contributed by atoms with E-state index < -0.39 is 97.5 Å². The van der Waals surface area contributed by atoms with Crippen LogP contribution in [0.2, 0.25) is 0 Å². The third-order valence-electron chi connectivity index (χ3n) is 14.1. The monoisotopic (exact) mass is 1220 g/mol. The SMILES string of the molecule is CCCCCC/C=C\C=C/CCCCCCCC(=O)O[C@H](COC(=O)CCCCCCCCCCCC(C)C)COP(=O)(O)OC[C@@H](O)COP(=O)(O)OC[C@@H](COC(=O)CCCCCCCCC)OC(=O)CCCCCCCCC(C)C. The van der Waals surface area contributed by atoms with Gasteiger partial charge >= 0.3 is 39.5 Å². The third kappa shape index (κ3) is 58.3. The van der Waals surface area contributed by atoms with E-state index in [1.807, 2.05) is 0 Å². The summed E-state index contributed by atoms with van der Waals surface area (Å²) < 4.78 is 67.8. The van der Waals surface area contributed by atoms with Crippen LogP contribution in [-0.2, 0) is 65.4 Å². The second kappa shape index (κ2) is 56.1. The van der Waals surface area contributed by atoms with Crippen molar-refractivity contribution in [3.63, 3.8) is 0 Å². The minimum Gasteiger partial charge on any atom is -0.462 e. The van der Waals surface area contributed by atoms with Crippen molar-refractivity contribution in [2.24, 2.45) is 11.8 Å². The Bertz CT molecular complexity index is 1720. The summed E-state index contributed by atoms with van der Waals surface area (Å²) in [6.45, 7) is 9.27. The van der Waals surface area contributed by atoms with Crippen LogP contribution >= 0.6 is 15.6 Å². The van der Waals surface area contributed by atoms with Crippen LogP contribution in [0.15, 0.2) is 24.3 Å². The highest BCUT2D eigenvalue weighted by Gasteiger charge is 2.30. The van der Waals surface area contributed by atoms with Gasteiger partial charge in [-0.1, -0.05) is 239 Å². The Morgan fingerprint density at radius 1 is 0.373 bits per heavy atom. The number of rotatable bonds is 61. The second-order valence-electron chi connectivity index (χ2n) is 23.4. The van der Waals surface area contributed by atoms with Gasteiger partial charge in [0.1, 0.15) is 19.3 Å². The minimum absolute atomic E-state index is 0.0841. The average Bonchev–Trinajstić information content (AvgIpc) is 3.44. The van der Waals surface area contributed by atoms with Crippen LogP contribution in [0.4, 0.5) is 0 Å². The van der Waals surface area contributed by atoms with Crippen molar-refractivity contribution < 1.29 is 80.2 Å². The molecule has 0 aromatic carbocycles.